The van der Waals surface area contributed by atoms with Gasteiger partial charge in [0.25, 0.3) is 0 Å². The number of rotatable bonds is 8. The van der Waals surface area contributed by atoms with E-state index < -0.39 is 10.0 Å². The average molecular weight is 298 g/mol. The van der Waals surface area contributed by atoms with Crippen LogP contribution in [-0.4, -0.2) is 25.8 Å². The highest BCUT2D eigenvalue weighted by atomic mass is 32.2. The molecule has 1 aromatic rings. The molecule has 0 aliphatic heterocycles. The molecule has 0 spiro atoms. The van der Waals surface area contributed by atoms with Crippen molar-refractivity contribution in [2.24, 2.45) is 11.7 Å². The summed E-state index contributed by atoms with van der Waals surface area (Å²) in [7, 11) is -3.40. The minimum absolute atomic E-state index is 0.350. The van der Waals surface area contributed by atoms with E-state index >= 15 is 0 Å². The van der Waals surface area contributed by atoms with Crippen LogP contribution in [0.3, 0.4) is 0 Å². The normalized spacial score (nSPS) is 12.3. The zero-order valence-corrected chi connectivity index (χ0v) is 13.5. The van der Waals surface area contributed by atoms with Crippen LogP contribution in [0.4, 0.5) is 0 Å². The van der Waals surface area contributed by atoms with Gasteiger partial charge in [-0.15, -0.1) is 0 Å². The summed E-state index contributed by atoms with van der Waals surface area (Å²) < 4.78 is 26.8. The zero-order valence-electron chi connectivity index (χ0n) is 12.7. The molecule has 0 aromatic heterocycles. The van der Waals surface area contributed by atoms with Gasteiger partial charge in [0.05, 0.1) is 4.90 Å². The molecular formula is C15H26N2O2S. The van der Waals surface area contributed by atoms with Crippen molar-refractivity contribution in [3.8, 4) is 0 Å². The Balaban J connectivity index is 2.98. The van der Waals surface area contributed by atoms with Gasteiger partial charge in [-0.25, -0.2) is 8.42 Å². The fraction of sp³-hybridized carbons (Fsp3) is 0.600. The Labute approximate surface area is 123 Å². The van der Waals surface area contributed by atoms with Gasteiger partial charge >= 0.3 is 0 Å². The second-order valence-corrected chi connectivity index (χ2v) is 6.92. The molecule has 0 amide bonds. The fourth-order valence-electron chi connectivity index (χ4n) is 2.18. The summed E-state index contributed by atoms with van der Waals surface area (Å²) in [4.78, 5) is 0.350. The quantitative estimate of drug-likeness (QED) is 0.802. The minimum Gasteiger partial charge on any atom is -0.326 e. The predicted molar refractivity (Wildman–Crippen MR) is 82.8 cm³/mol. The molecular weight excluding hydrogens is 272 g/mol. The van der Waals surface area contributed by atoms with E-state index in [1.54, 1.807) is 28.6 Å². The van der Waals surface area contributed by atoms with Crippen LogP contribution in [0.15, 0.2) is 29.2 Å². The maximum Gasteiger partial charge on any atom is 0.243 e. The maximum absolute atomic E-state index is 12.6. The second-order valence-electron chi connectivity index (χ2n) is 4.99. The van der Waals surface area contributed by atoms with Gasteiger partial charge in [-0.2, -0.15) is 4.31 Å². The third-order valence-corrected chi connectivity index (χ3v) is 5.72. The van der Waals surface area contributed by atoms with E-state index in [2.05, 4.69) is 13.8 Å². The summed E-state index contributed by atoms with van der Waals surface area (Å²) in [6.45, 7) is 7.59. The number of benzene rings is 1. The Bertz CT molecular complexity index is 493. The summed E-state index contributed by atoms with van der Waals surface area (Å²) >= 11 is 0. The molecule has 114 valence electrons. The third-order valence-electron chi connectivity index (χ3n) is 3.77. The summed E-state index contributed by atoms with van der Waals surface area (Å²) in [6, 6.07) is 6.84. The van der Waals surface area contributed by atoms with Crippen molar-refractivity contribution in [3.05, 3.63) is 29.8 Å². The van der Waals surface area contributed by atoms with E-state index in [1.807, 2.05) is 6.92 Å². The van der Waals surface area contributed by atoms with Crippen LogP contribution in [0.1, 0.15) is 39.2 Å². The van der Waals surface area contributed by atoms with Crippen molar-refractivity contribution in [1.82, 2.24) is 4.31 Å². The van der Waals surface area contributed by atoms with Gasteiger partial charge < -0.3 is 5.73 Å². The first kappa shape index (κ1) is 17.1. The monoisotopic (exact) mass is 298 g/mol. The van der Waals surface area contributed by atoms with Crippen molar-refractivity contribution >= 4 is 10.0 Å². The van der Waals surface area contributed by atoms with Crippen molar-refractivity contribution in [2.45, 2.75) is 45.1 Å². The number of nitrogens with two attached hydrogens (primary N) is 1. The lowest BCUT2D eigenvalue weighted by atomic mass is 10.0. The minimum atomic E-state index is -3.40. The number of hydrogen-bond acceptors (Lipinski definition) is 3. The first-order chi connectivity index (χ1) is 9.49. The van der Waals surface area contributed by atoms with E-state index in [1.165, 1.54) is 0 Å². The molecule has 5 heteroatoms. The molecule has 0 fully saturated rings. The molecule has 1 aromatic carbocycles. The molecule has 0 bridgehead atoms. The lowest BCUT2D eigenvalue weighted by Gasteiger charge is -2.24. The molecule has 0 unspecified atom stereocenters. The lowest BCUT2D eigenvalue weighted by Crippen LogP contribution is -2.35. The molecule has 2 N–H and O–H groups in total. The van der Waals surface area contributed by atoms with Gasteiger partial charge in [0.2, 0.25) is 10.0 Å². The highest BCUT2D eigenvalue weighted by Crippen LogP contribution is 2.19. The highest BCUT2D eigenvalue weighted by Gasteiger charge is 2.24. The number of nitrogens with zero attached hydrogens (tertiary/aromatic N) is 1. The third kappa shape index (κ3) is 4.04. The van der Waals surface area contributed by atoms with E-state index in [0.717, 1.165) is 18.4 Å². The van der Waals surface area contributed by atoms with Crippen molar-refractivity contribution in [2.75, 3.05) is 13.1 Å². The van der Waals surface area contributed by atoms with E-state index in [0.29, 0.717) is 30.4 Å². The summed E-state index contributed by atoms with van der Waals surface area (Å²) in [6.07, 6.45) is 1.99. The molecule has 1 rings (SSSR count). The maximum atomic E-state index is 12.6. The Morgan fingerprint density at radius 1 is 1.10 bits per heavy atom. The standard InChI is InChI=1S/C15H26N2O2S/c1-4-13(5-2)12-17(6-3)20(18,19)15-9-7-14(11-16)8-10-15/h7-10,13H,4-6,11-12,16H2,1-3H3. The molecule has 0 atom stereocenters. The van der Waals surface area contributed by atoms with Gasteiger partial charge in [-0.3, -0.25) is 0 Å². The van der Waals surface area contributed by atoms with Crippen LogP contribution in [0.5, 0.6) is 0 Å². The van der Waals surface area contributed by atoms with Gasteiger partial charge in [-0.05, 0) is 23.6 Å². The molecule has 0 heterocycles. The van der Waals surface area contributed by atoms with Gasteiger partial charge in [-0.1, -0.05) is 45.7 Å². The van der Waals surface area contributed by atoms with Crippen molar-refractivity contribution in [3.63, 3.8) is 0 Å². The zero-order chi connectivity index (χ0) is 15.2. The molecule has 4 nitrogen and oxygen atoms in total. The number of hydrogen-bond donors (Lipinski definition) is 1. The predicted octanol–water partition coefficient (Wildman–Crippen LogP) is 2.59. The molecule has 0 saturated carbocycles. The van der Waals surface area contributed by atoms with Crippen LogP contribution >= 0.6 is 0 Å². The fourth-order valence-corrected chi connectivity index (χ4v) is 3.70. The molecule has 20 heavy (non-hydrogen) atoms. The van der Waals surface area contributed by atoms with Crippen LogP contribution in [0.25, 0.3) is 0 Å². The van der Waals surface area contributed by atoms with E-state index in [-0.39, 0.29) is 0 Å². The van der Waals surface area contributed by atoms with Crippen LogP contribution in [-0.2, 0) is 16.6 Å². The van der Waals surface area contributed by atoms with Crippen LogP contribution < -0.4 is 5.73 Å². The number of sulfonamides is 1. The Hall–Kier alpha value is -0.910. The average Bonchev–Trinajstić information content (AvgIpc) is 2.48. The van der Waals surface area contributed by atoms with Gasteiger partial charge in [0, 0.05) is 19.6 Å². The molecule has 0 aliphatic rings. The second kappa shape index (κ2) is 7.76. The molecule has 0 aliphatic carbocycles. The lowest BCUT2D eigenvalue weighted by molar-refractivity contribution is 0.339. The first-order valence-corrected chi connectivity index (χ1v) is 8.72. The topological polar surface area (TPSA) is 63.4 Å². The Morgan fingerprint density at radius 3 is 2.05 bits per heavy atom. The van der Waals surface area contributed by atoms with Crippen molar-refractivity contribution in [1.29, 1.82) is 0 Å². The highest BCUT2D eigenvalue weighted by molar-refractivity contribution is 7.89. The van der Waals surface area contributed by atoms with Gasteiger partial charge in [0.1, 0.15) is 0 Å². The summed E-state index contributed by atoms with van der Waals surface area (Å²) in [5, 5.41) is 0. The Kier molecular flexibility index (Phi) is 6.65. The van der Waals surface area contributed by atoms with Gasteiger partial charge in [0.15, 0.2) is 0 Å². The largest absolute Gasteiger partial charge is 0.326 e. The summed E-state index contributed by atoms with van der Waals surface area (Å²) in [5.74, 6) is 0.410. The van der Waals surface area contributed by atoms with Crippen LogP contribution in [0.2, 0.25) is 0 Å². The van der Waals surface area contributed by atoms with E-state index in [4.69, 9.17) is 5.73 Å². The van der Waals surface area contributed by atoms with Crippen molar-refractivity contribution < 1.29 is 8.42 Å². The molecule has 0 saturated heterocycles. The van der Waals surface area contributed by atoms with E-state index in [9.17, 15) is 8.42 Å². The SMILES string of the molecule is CCC(CC)CN(CC)S(=O)(=O)c1ccc(CN)cc1. The smallest absolute Gasteiger partial charge is 0.243 e. The van der Waals surface area contributed by atoms with Crippen LogP contribution in [0, 0.1) is 5.92 Å². The first-order valence-electron chi connectivity index (χ1n) is 7.28. The Morgan fingerprint density at radius 2 is 1.65 bits per heavy atom. The molecule has 0 radical (unpaired) electrons. The summed E-state index contributed by atoms with van der Waals surface area (Å²) in [5.41, 5.74) is 6.47.